The van der Waals surface area contributed by atoms with E-state index < -0.39 is 0 Å². The van der Waals surface area contributed by atoms with Gasteiger partial charge in [0.1, 0.15) is 6.23 Å². The number of hydrazone groups is 1. The van der Waals surface area contributed by atoms with Crippen LogP contribution in [0.25, 0.3) is 0 Å². The molecule has 0 spiro atoms. The first kappa shape index (κ1) is 26.0. The topological polar surface area (TPSA) is 36.9 Å². The summed E-state index contributed by atoms with van der Waals surface area (Å²) in [5.41, 5.74) is 2.47. The van der Waals surface area contributed by atoms with Gasteiger partial charge in [0.15, 0.2) is 0 Å². The van der Waals surface area contributed by atoms with Crippen molar-refractivity contribution in [2.45, 2.75) is 103 Å². The van der Waals surface area contributed by atoms with E-state index in [0.717, 1.165) is 43.9 Å². The zero-order valence-corrected chi connectivity index (χ0v) is 22.4. The molecule has 0 aromatic carbocycles. The molecular weight excluding hydrogens is 437 g/mol. The Morgan fingerprint density at radius 3 is 2.72 bits per heavy atom. The van der Waals surface area contributed by atoms with Crippen molar-refractivity contribution >= 4 is 35.2 Å². The summed E-state index contributed by atoms with van der Waals surface area (Å²) >= 11 is 9.02. The van der Waals surface area contributed by atoms with Gasteiger partial charge in [0.2, 0.25) is 0 Å². The van der Waals surface area contributed by atoms with Crippen LogP contribution in [-0.2, 0) is 4.74 Å². The van der Waals surface area contributed by atoms with Crippen molar-refractivity contribution in [3.8, 4) is 0 Å². The van der Waals surface area contributed by atoms with Crippen LogP contribution in [0.1, 0.15) is 86.5 Å². The largest absolute Gasteiger partial charge is 0.357 e. The highest BCUT2D eigenvalue weighted by Gasteiger charge is 2.49. The number of halogens is 1. The lowest BCUT2D eigenvalue weighted by Crippen LogP contribution is -2.49. The lowest BCUT2D eigenvalue weighted by Gasteiger charge is -2.34. The van der Waals surface area contributed by atoms with Crippen LogP contribution in [-0.4, -0.2) is 46.7 Å². The van der Waals surface area contributed by atoms with Crippen molar-refractivity contribution in [2.24, 2.45) is 11.0 Å². The maximum Gasteiger partial charge on any atom is 0.325 e. The maximum atomic E-state index is 7.05. The molecular formula is C25H41BClN3OS. The van der Waals surface area contributed by atoms with Crippen molar-refractivity contribution in [3.63, 3.8) is 0 Å². The van der Waals surface area contributed by atoms with Gasteiger partial charge in [0.25, 0.3) is 0 Å². The molecule has 178 valence electrons. The molecule has 1 N–H and O–H groups in total. The fraction of sp³-hybridized carbons (Fsp3) is 0.760. The number of allylic oxidation sites excluding steroid dienone is 4. The summed E-state index contributed by atoms with van der Waals surface area (Å²) in [4.78, 5) is 0. The van der Waals surface area contributed by atoms with Crippen LogP contribution >= 0.6 is 23.2 Å². The SMILES string of the molecule is CCCCCC1=C(B2NC(C)(C)C(C)(C)S2)C=C=NN(C2CCCCO2)C[C@@H](C)C=C1Cl. The first-order valence-corrected chi connectivity index (χ1v) is 13.6. The molecule has 0 saturated carbocycles. The van der Waals surface area contributed by atoms with Crippen LogP contribution < -0.4 is 5.23 Å². The monoisotopic (exact) mass is 477 g/mol. The molecule has 7 heteroatoms. The molecule has 0 aromatic heterocycles. The smallest absolute Gasteiger partial charge is 0.325 e. The van der Waals surface area contributed by atoms with E-state index in [1.54, 1.807) is 0 Å². The van der Waals surface area contributed by atoms with Gasteiger partial charge in [-0.1, -0.05) is 44.4 Å². The van der Waals surface area contributed by atoms with Gasteiger partial charge in [-0.15, -0.1) is 5.10 Å². The highest BCUT2D eigenvalue weighted by molar-refractivity contribution is 8.27. The van der Waals surface area contributed by atoms with Crippen molar-refractivity contribution in [1.82, 2.24) is 10.2 Å². The average molecular weight is 478 g/mol. The lowest BCUT2D eigenvalue weighted by atomic mass is 9.72. The van der Waals surface area contributed by atoms with Gasteiger partial charge >= 0.3 is 6.13 Å². The van der Waals surface area contributed by atoms with Crippen LogP contribution in [0.15, 0.2) is 33.3 Å². The molecule has 0 bridgehead atoms. The van der Waals surface area contributed by atoms with E-state index >= 15 is 0 Å². The summed E-state index contributed by atoms with van der Waals surface area (Å²) in [5, 5.41) is 11.6. The lowest BCUT2D eigenvalue weighted by molar-refractivity contribution is -0.0876. The zero-order chi connectivity index (χ0) is 23.4. The molecule has 32 heavy (non-hydrogen) atoms. The Labute approximate surface area is 205 Å². The molecule has 3 rings (SSSR count). The van der Waals surface area contributed by atoms with Crippen molar-refractivity contribution in [3.05, 3.63) is 28.2 Å². The van der Waals surface area contributed by atoms with E-state index in [1.165, 1.54) is 30.3 Å². The molecule has 2 fully saturated rings. The van der Waals surface area contributed by atoms with Crippen LogP contribution in [0.2, 0.25) is 0 Å². The third-order valence-corrected chi connectivity index (χ3v) is 9.22. The third-order valence-electron chi connectivity index (χ3n) is 7.16. The van der Waals surface area contributed by atoms with Gasteiger partial charge < -0.3 is 9.96 Å². The minimum absolute atomic E-state index is 0.00954. The fourth-order valence-corrected chi connectivity index (χ4v) is 6.49. The van der Waals surface area contributed by atoms with E-state index in [-0.39, 0.29) is 28.6 Å². The molecule has 3 aliphatic heterocycles. The predicted molar refractivity (Wildman–Crippen MR) is 141 cm³/mol. The van der Waals surface area contributed by atoms with Crippen molar-refractivity contribution in [2.75, 3.05) is 13.2 Å². The number of rotatable bonds is 6. The normalized spacial score (nSPS) is 28.3. The van der Waals surface area contributed by atoms with Crippen molar-refractivity contribution < 1.29 is 4.74 Å². The second-order valence-electron chi connectivity index (χ2n) is 10.5. The van der Waals surface area contributed by atoms with E-state index in [9.17, 15) is 0 Å². The molecule has 1 unspecified atom stereocenters. The Hall–Kier alpha value is -0.645. The Balaban J connectivity index is 2.01. The maximum absolute atomic E-state index is 7.05. The molecule has 2 saturated heterocycles. The Morgan fingerprint density at radius 2 is 2.09 bits per heavy atom. The Bertz CT molecular complexity index is 766. The number of unbranched alkanes of at least 4 members (excludes halogenated alkanes) is 2. The van der Waals surface area contributed by atoms with Gasteiger partial charge in [-0.3, -0.25) is 5.01 Å². The first-order chi connectivity index (χ1) is 15.1. The summed E-state index contributed by atoms with van der Waals surface area (Å²) in [6, 6.07) is 0. The quantitative estimate of drug-likeness (QED) is 0.349. The van der Waals surface area contributed by atoms with Gasteiger partial charge in [-0.25, -0.2) is 0 Å². The first-order valence-electron chi connectivity index (χ1n) is 12.4. The van der Waals surface area contributed by atoms with Gasteiger partial charge in [0, 0.05) is 34.3 Å². The minimum atomic E-state index is 0.00954. The van der Waals surface area contributed by atoms with E-state index in [4.69, 9.17) is 21.4 Å². The molecule has 0 aliphatic carbocycles. The summed E-state index contributed by atoms with van der Waals surface area (Å²) in [6.07, 6.45) is 12.4. The summed E-state index contributed by atoms with van der Waals surface area (Å²) < 4.78 is 6.13. The number of hydrogen-bond donors (Lipinski definition) is 1. The Morgan fingerprint density at radius 1 is 1.31 bits per heavy atom. The summed E-state index contributed by atoms with van der Waals surface area (Å²) in [5.74, 6) is 3.57. The highest BCUT2D eigenvalue weighted by Crippen LogP contribution is 2.46. The molecule has 4 nitrogen and oxygen atoms in total. The second kappa shape index (κ2) is 11.2. The van der Waals surface area contributed by atoms with Gasteiger partial charge in [0.05, 0.1) is 0 Å². The predicted octanol–water partition coefficient (Wildman–Crippen LogP) is 6.53. The van der Waals surface area contributed by atoms with Crippen LogP contribution in [0.4, 0.5) is 0 Å². The Kier molecular flexibility index (Phi) is 9.08. The highest BCUT2D eigenvalue weighted by atomic mass is 35.5. The van der Waals surface area contributed by atoms with Crippen LogP contribution in [0.3, 0.4) is 0 Å². The number of ether oxygens (including phenoxy) is 1. The second-order valence-corrected chi connectivity index (χ2v) is 12.6. The molecule has 0 amide bonds. The molecule has 0 aromatic rings. The van der Waals surface area contributed by atoms with E-state index in [0.29, 0.717) is 0 Å². The fourth-order valence-electron chi connectivity index (χ4n) is 4.44. The molecule has 0 radical (unpaired) electrons. The summed E-state index contributed by atoms with van der Waals surface area (Å²) in [6.45, 7) is 15.3. The summed E-state index contributed by atoms with van der Waals surface area (Å²) in [7, 11) is 0. The standard InChI is InChI=1S/C25H41BClN3OS/c1-7-8-9-12-20-21(26-29-24(3,4)25(5,6)32-26)14-15-28-30(18-19(2)17-22(20)27)23-13-10-11-16-31-23/h14,17,19,23,29H,7-13,16,18H2,1-6H3/t19-,23?/m0/s1. The number of nitrogens with zero attached hydrogens (tertiary/aromatic N) is 2. The van der Waals surface area contributed by atoms with Crippen LogP contribution in [0, 0.1) is 5.92 Å². The molecule has 3 aliphatic rings. The van der Waals surface area contributed by atoms with Gasteiger partial charge in [-0.2, -0.15) is 11.6 Å². The zero-order valence-electron chi connectivity index (χ0n) is 20.8. The van der Waals surface area contributed by atoms with Gasteiger partial charge in [-0.05, 0) is 82.8 Å². The number of hydrogen-bond acceptors (Lipinski definition) is 5. The third kappa shape index (κ3) is 6.27. The van der Waals surface area contributed by atoms with E-state index in [1.807, 2.05) is 11.6 Å². The number of nitrogens with one attached hydrogen (secondary N) is 1. The van der Waals surface area contributed by atoms with Crippen LogP contribution in [0.5, 0.6) is 0 Å². The molecule has 2 atom stereocenters. The molecule has 3 heterocycles. The minimum Gasteiger partial charge on any atom is -0.357 e. The van der Waals surface area contributed by atoms with E-state index in [2.05, 4.69) is 69.8 Å². The van der Waals surface area contributed by atoms with Crippen molar-refractivity contribution in [1.29, 1.82) is 0 Å². The average Bonchev–Trinajstić information content (AvgIpc) is 2.95.